The highest BCUT2D eigenvalue weighted by Crippen LogP contribution is 2.73. The predicted octanol–water partition coefficient (Wildman–Crippen LogP) is 0.885. The first-order chi connectivity index (χ1) is 5.62. The van der Waals surface area contributed by atoms with E-state index in [0.717, 1.165) is 14.1 Å². The number of alkyl halides is 2. The van der Waals surface area contributed by atoms with Gasteiger partial charge in [-0.15, -0.1) is 0 Å². The maximum atomic E-state index is 11.2. The van der Waals surface area contributed by atoms with Gasteiger partial charge in [-0.25, -0.2) is 10.2 Å². The summed E-state index contributed by atoms with van der Waals surface area (Å²) in [5, 5.41) is 3.79. The molecule has 0 fully saturated rings. The summed E-state index contributed by atoms with van der Waals surface area (Å²) < 4.78 is 19.8. The van der Waals surface area contributed by atoms with Crippen LogP contribution in [0.25, 0.3) is 0 Å². The van der Waals surface area contributed by atoms with Gasteiger partial charge in [0.2, 0.25) is 0 Å². The van der Waals surface area contributed by atoms with Crippen LogP contribution in [0.4, 0.5) is 0 Å². The van der Waals surface area contributed by atoms with Crippen LogP contribution in [0.2, 0.25) is 0 Å². The van der Waals surface area contributed by atoms with Gasteiger partial charge >= 0.3 is 15.0 Å². The molecule has 10 heteroatoms. The first-order valence-electron chi connectivity index (χ1n) is 3.04. The van der Waals surface area contributed by atoms with Crippen molar-refractivity contribution in [3.63, 3.8) is 0 Å². The summed E-state index contributed by atoms with van der Waals surface area (Å²) in [5.41, 5.74) is 0. The van der Waals surface area contributed by atoms with Gasteiger partial charge in [0.05, 0.1) is 0 Å². The van der Waals surface area contributed by atoms with E-state index in [-0.39, 0.29) is 0 Å². The Bertz CT molecular complexity index is 257. The molecule has 0 radical (unpaired) electrons. The van der Waals surface area contributed by atoms with Gasteiger partial charge in [0.1, 0.15) is 0 Å². The molecule has 0 aromatic carbocycles. The molecule has 0 saturated carbocycles. The van der Waals surface area contributed by atoms with Crippen LogP contribution >= 0.6 is 38.2 Å². The monoisotopic (exact) mass is 270 g/mol. The molecule has 0 saturated heterocycles. The molecule has 0 rings (SSSR count). The molecule has 0 aromatic heterocycles. The van der Waals surface area contributed by atoms with Gasteiger partial charge in [-0.05, 0) is 14.1 Å². The largest absolute Gasteiger partial charge is 0.331 e. The van der Waals surface area contributed by atoms with Crippen molar-refractivity contribution in [3.05, 3.63) is 0 Å². The molecule has 0 spiro atoms. The van der Waals surface area contributed by atoms with Crippen LogP contribution < -0.4 is 10.2 Å². The van der Waals surface area contributed by atoms with Crippen molar-refractivity contribution in [1.29, 1.82) is 0 Å². The molecule has 0 heterocycles. The van der Waals surface area contributed by atoms with Gasteiger partial charge in [-0.3, -0.25) is 9.13 Å². The second kappa shape index (κ2) is 4.17. The summed E-state index contributed by atoms with van der Waals surface area (Å²) in [6.45, 7) is 0. The SMILES string of the molecule is CNP(=O)(O)C(Cl)(Cl)P(=O)(O)NC. The fourth-order valence-corrected chi connectivity index (χ4v) is 4.07. The second-order valence-corrected chi connectivity index (χ2v) is 9.38. The van der Waals surface area contributed by atoms with E-state index in [1.54, 1.807) is 0 Å². The topological polar surface area (TPSA) is 98.7 Å². The van der Waals surface area contributed by atoms with Crippen LogP contribution in [0.3, 0.4) is 0 Å². The van der Waals surface area contributed by atoms with Crippen LogP contribution in [-0.4, -0.2) is 27.7 Å². The molecular weight excluding hydrogens is 261 g/mol. The smallest absolute Gasteiger partial charge is 0.313 e. The maximum absolute atomic E-state index is 11.2. The number of hydrogen-bond acceptors (Lipinski definition) is 2. The molecular formula is C3H10Cl2N2O4P2. The Kier molecular flexibility index (Phi) is 4.45. The molecule has 0 aliphatic carbocycles. The highest BCUT2D eigenvalue weighted by molar-refractivity contribution is 7.81. The molecule has 0 amide bonds. The predicted molar refractivity (Wildman–Crippen MR) is 52.2 cm³/mol. The summed E-state index contributed by atoms with van der Waals surface area (Å²) in [5.74, 6) is 0. The average molecular weight is 271 g/mol. The third-order valence-electron chi connectivity index (χ3n) is 1.34. The maximum Gasteiger partial charge on any atom is 0.313 e. The third kappa shape index (κ3) is 2.46. The zero-order valence-corrected chi connectivity index (χ0v) is 10.2. The Morgan fingerprint density at radius 2 is 1.31 bits per heavy atom. The minimum Gasteiger partial charge on any atom is -0.331 e. The van der Waals surface area contributed by atoms with Crippen LogP contribution in [0.15, 0.2) is 0 Å². The third-order valence-corrected chi connectivity index (χ3v) is 8.38. The number of rotatable bonds is 4. The molecule has 0 aliphatic heterocycles. The zero-order chi connectivity index (χ0) is 10.9. The molecule has 0 aromatic rings. The van der Waals surface area contributed by atoms with E-state index >= 15 is 0 Å². The summed E-state index contributed by atoms with van der Waals surface area (Å²) in [6.07, 6.45) is 0. The molecule has 2 unspecified atom stereocenters. The molecule has 2 atom stereocenters. The lowest BCUT2D eigenvalue weighted by molar-refractivity contribution is 0.445. The average Bonchev–Trinajstić information content (AvgIpc) is 2.03. The Morgan fingerprint density at radius 3 is 1.46 bits per heavy atom. The quantitative estimate of drug-likeness (QED) is 0.447. The van der Waals surface area contributed by atoms with E-state index in [2.05, 4.69) is 0 Å². The van der Waals surface area contributed by atoms with E-state index in [9.17, 15) is 9.13 Å². The van der Waals surface area contributed by atoms with Crippen molar-refractivity contribution in [2.24, 2.45) is 0 Å². The van der Waals surface area contributed by atoms with E-state index in [0.29, 0.717) is 0 Å². The lowest BCUT2D eigenvalue weighted by atomic mass is 11.6. The fraction of sp³-hybridized carbons (Fsp3) is 1.00. The standard InChI is InChI=1S/C3H10Cl2N2O4P2/c1-6-12(8,9)3(4,5)13(10,11)7-2/h1-2H3,(H2,6,8,9)(H2,7,10,11). The van der Waals surface area contributed by atoms with E-state index in [4.69, 9.17) is 33.0 Å². The first kappa shape index (κ1) is 13.9. The highest BCUT2D eigenvalue weighted by Gasteiger charge is 2.57. The molecule has 80 valence electrons. The number of hydrogen-bond donors (Lipinski definition) is 4. The summed E-state index contributed by atoms with van der Waals surface area (Å²) in [4.78, 5) is 18.3. The van der Waals surface area contributed by atoms with Gasteiger partial charge in [0, 0.05) is 0 Å². The lowest BCUT2D eigenvalue weighted by Crippen LogP contribution is -2.26. The minimum atomic E-state index is -4.31. The lowest BCUT2D eigenvalue weighted by Gasteiger charge is -2.28. The Morgan fingerprint density at radius 1 is 1.08 bits per heavy atom. The van der Waals surface area contributed by atoms with Gasteiger partial charge in [-0.1, -0.05) is 23.2 Å². The van der Waals surface area contributed by atoms with Crippen molar-refractivity contribution in [3.8, 4) is 0 Å². The first-order valence-corrected chi connectivity index (χ1v) is 7.11. The molecule has 6 nitrogen and oxygen atoms in total. The normalized spacial score (nSPS) is 22.0. The fourth-order valence-electron chi connectivity index (χ4n) is 0.453. The molecule has 0 aliphatic rings. The Labute approximate surface area is 85.6 Å². The second-order valence-electron chi connectivity index (χ2n) is 2.11. The van der Waals surface area contributed by atoms with Gasteiger partial charge in [0.25, 0.3) is 3.82 Å². The van der Waals surface area contributed by atoms with Crippen molar-refractivity contribution in [2.75, 3.05) is 14.1 Å². The Hall–Kier alpha value is 0.880. The van der Waals surface area contributed by atoms with E-state index < -0.39 is 18.9 Å². The molecule has 0 bridgehead atoms. The van der Waals surface area contributed by atoms with Crippen LogP contribution in [0.5, 0.6) is 0 Å². The van der Waals surface area contributed by atoms with Gasteiger partial charge in [0.15, 0.2) is 0 Å². The van der Waals surface area contributed by atoms with Crippen molar-refractivity contribution in [1.82, 2.24) is 10.2 Å². The van der Waals surface area contributed by atoms with Crippen molar-refractivity contribution in [2.45, 2.75) is 3.82 Å². The summed E-state index contributed by atoms with van der Waals surface area (Å²) >= 11 is 10.7. The molecule has 4 N–H and O–H groups in total. The Balaban J connectivity index is 5.21. The summed E-state index contributed by atoms with van der Waals surface area (Å²) in [6, 6.07) is 0. The van der Waals surface area contributed by atoms with Crippen LogP contribution in [-0.2, 0) is 9.13 Å². The van der Waals surface area contributed by atoms with Crippen molar-refractivity contribution < 1.29 is 18.9 Å². The summed E-state index contributed by atoms with van der Waals surface area (Å²) in [7, 11) is -6.40. The molecule has 13 heavy (non-hydrogen) atoms. The highest BCUT2D eigenvalue weighted by atomic mass is 35.5. The van der Waals surface area contributed by atoms with Gasteiger partial charge < -0.3 is 9.79 Å². The van der Waals surface area contributed by atoms with Crippen LogP contribution in [0.1, 0.15) is 0 Å². The van der Waals surface area contributed by atoms with E-state index in [1.165, 1.54) is 0 Å². The van der Waals surface area contributed by atoms with Crippen molar-refractivity contribution >= 4 is 38.2 Å². The van der Waals surface area contributed by atoms with E-state index in [1.807, 2.05) is 10.2 Å². The number of nitrogens with one attached hydrogen (secondary N) is 2. The zero-order valence-electron chi connectivity index (χ0n) is 6.86. The van der Waals surface area contributed by atoms with Crippen LogP contribution in [0, 0.1) is 0 Å². The van der Waals surface area contributed by atoms with Gasteiger partial charge in [-0.2, -0.15) is 0 Å². The number of halogens is 2. The minimum absolute atomic E-state index is 1.11.